The summed E-state index contributed by atoms with van der Waals surface area (Å²) in [4.78, 5) is 20.8. The first kappa shape index (κ1) is 26.5. The van der Waals surface area contributed by atoms with Crippen LogP contribution in [-0.4, -0.2) is 61.8 Å². The quantitative estimate of drug-likeness (QED) is 0.360. The normalized spacial score (nSPS) is 24.4. The van der Waals surface area contributed by atoms with Crippen molar-refractivity contribution in [1.82, 2.24) is 4.90 Å². The van der Waals surface area contributed by atoms with Crippen LogP contribution >= 0.6 is 0 Å². The fourth-order valence-corrected chi connectivity index (χ4v) is 7.47. The summed E-state index contributed by atoms with van der Waals surface area (Å²) in [7, 11) is 0. The highest BCUT2D eigenvalue weighted by Crippen LogP contribution is 2.41. The van der Waals surface area contributed by atoms with Crippen molar-refractivity contribution in [1.29, 1.82) is 0 Å². The summed E-state index contributed by atoms with van der Waals surface area (Å²) in [5.41, 5.74) is 6.97. The molecule has 6 heteroatoms. The number of rotatable bonds is 7. The fraction of sp³-hybridized carbons (Fsp3) is 0.457. The predicted molar refractivity (Wildman–Crippen MR) is 163 cm³/mol. The van der Waals surface area contributed by atoms with E-state index in [-0.39, 0.29) is 17.6 Å². The van der Waals surface area contributed by atoms with Crippen molar-refractivity contribution in [2.24, 2.45) is 0 Å². The van der Waals surface area contributed by atoms with Crippen LogP contribution in [0.4, 0.5) is 11.4 Å². The molecule has 1 spiro atoms. The van der Waals surface area contributed by atoms with E-state index in [9.17, 15) is 4.79 Å². The van der Waals surface area contributed by atoms with Gasteiger partial charge in [0.15, 0.2) is 0 Å². The van der Waals surface area contributed by atoms with Crippen molar-refractivity contribution in [3.8, 4) is 5.75 Å². The van der Waals surface area contributed by atoms with Gasteiger partial charge < -0.3 is 19.3 Å². The number of nitrogens with zero attached hydrogens (tertiary/aromatic N) is 3. The summed E-state index contributed by atoms with van der Waals surface area (Å²) < 4.78 is 11.7. The fourth-order valence-electron chi connectivity index (χ4n) is 7.47. The van der Waals surface area contributed by atoms with Gasteiger partial charge in [-0.1, -0.05) is 30.3 Å². The minimum Gasteiger partial charge on any atom is -0.491 e. The van der Waals surface area contributed by atoms with Gasteiger partial charge in [0, 0.05) is 55.3 Å². The highest BCUT2D eigenvalue weighted by molar-refractivity contribution is 6.08. The van der Waals surface area contributed by atoms with Crippen LogP contribution in [0.3, 0.4) is 0 Å². The molecule has 0 saturated carbocycles. The van der Waals surface area contributed by atoms with Crippen LogP contribution in [0.15, 0.2) is 66.7 Å². The predicted octanol–water partition coefficient (Wildman–Crippen LogP) is 6.00. The van der Waals surface area contributed by atoms with Crippen LogP contribution < -0.4 is 14.5 Å². The van der Waals surface area contributed by atoms with Crippen LogP contribution in [0, 0.1) is 6.92 Å². The van der Waals surface area contributed by atoms with Gasteiger partial charge in [-0.3, -0.25) is 9.69 Å². The second-order valence-electron chi connectivity index (χ2n) is 12.3. The van der Waals surface area contributed by atoms with E-state index in [1.807, 2.05) is 23.1 Å². The molecule has 0 bridgehead atoms. The summed E-state index contributed by atoms with van der Waals surface area (Å²) in [5.74, 6) is 0.907. The topological polar surface area (TPSA) is 45.2 Å². The Bertz CT molecular complexity index is 1400. The van der Waals surface area contributed by atoms with Gasteiger partial charge in [0.25, 0.3) is 5.91 Å². The zero-order valence-corrected chi connectivity index (χ0v) is 24.2. The monoisotopic (exact) mass is 551 g/mol. The van der Waals surface area contributed by atoms with Crippen molar-refractivity contribution < 1.29 is 14.3 Å². The van der Waals surface area contributed by atoms with Gasteiger partial charge in [-0.25, -0.2) is 0 Å². The lowest BCUT2D eigenvalue weighted by molar-refractivity contribution is 0.0679. The largest absolute Gasteiger partial charge is 0.491 e. The van der Waals surface area contributed by atoms with Crippen molar-refractivity contribution in [2.45, 2.75) is 63.6 Å². The summed E-state index contributed by atoms with van der Waals surface area (Å²) in [6.45, 7) is 8.61. The highest BCUT2D eigenvalue weighted by atomic mass is 16.5. The Morgan fingerprint density at radius 3 is 2.71 bits per heavy atom. The van der Waals surface area contributed by atoms with Crippen LogP contribution in [0.5, 0.6) is 5.75 Å². The molecule has 6 nitrogen and oxygen atoms in total. The van der Waals surface area contributed by atoms with E-state index in [1.54, 1.807) is 0 Å². The molecule has 3 saturated heterocycles. The number of amides is 1. The molecule has 0 aliphatic carbocycles. The molecular weight excluding hydrogens is 510 g/mol. The van der Waals surface area contributed by atoms with E-state index >= 15 is 0 Å². The minimum atomic E-state index is 0.0791. The van der Waals surface area contributed by atoms with Crippen molar-refractivity contribution in [3.63, 3.8) is 0 Å². The Balaban J connectivity index is 1.02. The van der Waals surface area contributed by atoms with Crippen LogP contribution in [0.1, 0.15) is 59.2 Å². The maximum absolute atomic E-state index is 13.6. The molecule has 4 heterocycles. The molecule has 3 fully saturated rings. The van der Waals surface area contributed by atoms with Crippen LogP contribution in [0.2, 0.25) is 0 Å². The van der Waals surface area contributed by atoms with Gasteiger partial charge in [-0.05, 0) is 105 Å². The summed E-state index contributed by atoms with van der Waals surface area (Å²) in [6.07, 6.45) is 6.94. The van der Waals surface area contributed by atoms with E-state index in [4.69, 9.17) is 9.47 Å². The Morgan fingerprint density at radius 2 is 1.88 bits per heavy atom. The first-order valence-electron chi connectivity index (χ1n) is 15.4. The average molecular weight is 552 g/mol. The number of anilines is 2. The van der Waals surface area contributed by atoms with E-state index in [0.717, 1.165) is 73.6 Å². The number of likely N-dealkylation sites (tertiary alicyclic amines) is 1. The van der Waals surface area contributed by atoms with Gasteiger partial charge in [-0.2, -0.15) is 0 Å². The Kier molecular flexibility index (Phi) is 7.21. The maximum Gasteiger partial charge on any atom is 0.258 e. The molecule has 214 valence electrons. The van der Waals surface area contributed by atoms with E-state index in [2.05, 4.69) is 65.3 Å². The number of benzene rings is 3. The number of hydrogen-bond acceptors (Lipinski definition) is 5. The molecule has 0 radical (unpaired) electrons. The van der Waals surface area contributed by atoms with Gasteiger partial charge >= 0.3 is 0 Å². The molecular formula is C35H41N3O3. The summed E-state index contributed by atoms with van der Waals surface area (Å²) in [6, 6.07) is 23.5. The van der Waals surface area contributed by atoms with Crippen molar-refractivity contribution >= 4 is 17.3 Å². The molecule has 2 atom stereocenters. The average Bonchev–Trinajstić information content (AvgIpc) is 3.76. The Labute approximate surface area is 243 Å². The van der Waals surface area contributed by atoms with E-state index in [0.29, 0.717) is 13.2 Å². The lowest BCUT2D eigenvalue weighted by atomic mass is 9.94. The highest BCUT2D eigenvalue weighted by Gasteiger charge is 2.46. The molecule has 0 aromatic heterocycles. The third-order valence-corrected chi connectivity index (χ3v) is 9.74. The van der Waals surface area contributed by atoms with Crippen LogP contribution in [0.25, 0.3) is 0 Å². The smallest absolute Gasteiger partial charge is 0.258 e. The van der Waals surface area contributed by atoms with E-state index < -0.39 is 0 Å². The van der Waals surface area contributed by atoms with Crippen molar-refractivity contribution in [3.05, 3.63) is 89.0 Å². The maximum atomic E-state index is 13.6. The zero-order valence-electron chi connectivity index (χ0n) is 24.2. The number of carbonyl (C=O) groups excluding carboxylic acids is 1. The number of hydrogen-bond donors (Lipinski definition) is 0. The number of fused-ring (bicyclic) bond motifs is 1. The zero-order chi connectivity index (χ0) is 27.8. The van der Waals surface area contributed by atoms with Crippen LogP contribution in [-0.2, 0) is 17.7 Å². The second kappa shape index (κ2) is 11.1. The molecule has 7 rings (SSSR count). The Morgan fingerprint density at radius 1 is 0.976 bits per heavy atom. The first-order valence-corrected chi connectivity index (χ1v) is 15.4. The molecule has 41 heavy (non-hydrogen) atoms. The minimum absolute atomic E-state index is 0.0791. The number of aryl methyl sites for hydroxylation is 1. The SMILES string of the molecule is Cc1cc(N2CCC3(CCCN3Cc3ccccc3)C2)ccc1N1CCc2cc(OC[C@@H]3CCCO3)ccc2C1=O. The van der Waals surface area contributed by atoms with E-state index in [1.165, 1.54) is 37.1 Å². The molecule has 0 N–H and O–H groups in total. The standard InChI is InChI=1S/C35H41N3O3/c1-26-21-29(36-19-16-35(25-36)15-6-17-37(35)23-27-7-3-2-4-8-27)10-13-33(26)38-18-14-28-22-30(11-12-32(28)34(38)39)41-24-31-9-5-20-40-31/h2-4,7-8,10-13,21-22,31H,5-6,9,14-20,23-25H2,1H3/t31-,35?/m0/s1. The lowest BCUT2D eigenvalue weighted by Gasteiger charge is -2.35. The third-order valence-electron chi connectivity index (χ3n) is 9.74. The van der Waals surface area contributed by atoms with Gasteiger partial charge in [0.2, 0.25) is 0 Å². The second-order valence-corrected chi connectivity index (χ2v) is 12.3. The van der Waals surface area contributed by atoms with Crippen molar-refractivity contribution in [2.75, 3.05) is 49.2 Å². The molecule has 1 amide bonds. The lowest BCUT2D eigenvalue weighted by Crippen LogP contribution is -2.45. The molecule has 4 aliphatic heterocycles. The van der Waals surface area contributed by atoms with Gasteiger partial charge in [0.1, 0.15) is 12.4 Å². The number of carbonyl (C=O) groups is 1. The summed E-state index contributed by atoms with van der Waals surface area (Å²) in [5, 5.41) is 0. The van der Waals surface area contributed by atoms with Gasteiger partial charge in [0.05, 0.1) is 6.10 Å². The third kappa shape index (κ3) is 5.24. The molecule has 1 unspecified atom stereocenters. The molecule has 3 aromatic carbocycles. The summed E-state index contributed by atoms with van der Waals surface area (Å²) >= 11 is 0. The number of ether oxygens (including phenoxy) is 2. The van der Waals surface area contributed by atoms with Gasteiger partial charge in [-0.15, -0.1) is 0 Å². The molecule has 3 aromatic rings. The first-order chi connectivity index (χ1) is 20.1. The molecule has 4 aliphatic rings. The Hall–Kier alpha value is -3.35.